The second-order valence-corrected chi connectivity index (χ2v) is 7.38. The molecule has 3 fully saturated rings. The van der Waals surface area contributed by atoms with E-state index in [9.17, 15) is 4.79 Å². The number of hydrogen-bond donors (Lipinski definition) is 1. The van der Waals surface area contributed by atoms with E-state index in [0.29, 0.717) is 6.54 Å². The summed E-state index contributed by atoms with van der Waals surface area (Å²) < 4.78 is 1.94. The summed E-state index contributed by atoms with van der Waals surface area (Å²) in [5.74, 6) is 2.81. The van der Waals surface area contributed by atoms with E-state index in [0.717, 1.165) is 49.9 Å². The molecule has 2 bridgehead atoms. The van der Waals surface area contributed by atoms with Gasteiger partial charge < -0.3 is 14.8 Å². The Labute approximate surface area is 137 Å². The fraction of sp³-hybridized carbons (Fsp3) is 0.765. The molecule has 0 radical (unpaired) electrons. The van der Waals surface area contributed by atoms with E-state index in [1.807, 2.05) is 22.7 Å². The normalized spacial score (nSPS) is 30.8. The Hall–Kier alpha value is -1.56. The molecule has 2 saturated carbocycles. The Balaban J connectivity index is 1.24. The Morgan fingerprint density at radius 3 is 2.70 bits per heavy atom. The largest absolute Gasteiger partial charge is 0.337 e. The van der Waals surface area contributed by atoms with E-state index in [1.165, 1.54) is 25.7 Å². The highest BCUT2D eigenvalue weighted by atomic mass is 16.2. The lowest BCUT2D eigenvalue weighted by Crippen LogP contribution is -2.55. The average Bonchev–Trinajstić information content (AvgIpc) is 3.30. The minimum Gasteiger partial charge on any atom is -0.337 e. The van der Waals surface area contributed by atoms with E-state index in [2.05, 4.69) is 15.2 Å². The van der Waals surface area contributed by atoms with Gasteiger partial charge in [-0.05, 0) is 31.1 Å². The first-order chi connectivity index (χ1) is 11.2. The first kappa shape index (κ1) is 15.0. The molecule has 2 aliphatic carbocycles. The number of carbonyl (C=O) groups is 1. The van der Waals surface area contributed by atoms with Crippen molar-refractivity contribution in [3.05, 3.63) is 18.2 Å². The van der Waals surface area contributed by atoms with Gasteiger partial charge in [-0.15, -0.1) is 0 Å². The van der Waals surface area contributed by atoms with E-state index >= 15 is 0 Å². The molecule has 2 heterocycles. The van der Waals surface area contributed by atoms with Crippen molar-refractivity contribution in [2.24, 2.45) is 18.9 Å². The molecule has 3 unspecified atom stereocenters. The van der Waals surface area contributed by atoms with E-state index < -0.39 is 0 Å². The van der Waals surface area contributed by atoms with Crippen LogP contribution < -0.4 is 5.32 Å². The molecule has 3 aliphatic rings. The first-order valence-corrected chi connectivity index (χ1v) is 8.93. The maximum atomic E-state index is 12.3. The summed E-state index contributed by atoms with van der Waals surface area (Å²) in [4.78, 5) is 21.2. The van der Waals surface area contributed by atoms with Gasteiger partial charge in [0.15, 0.2) is 0 Å². The van der Waals surface area contributed by atoms with Gasteiger partial charge in [-0.2, -0.15) is 0 Å². The second-order valence-electron chi connectivity index (χ2n) is 7.38. The molecule has 0 aromatic carbocycles. The standard InChI is InChI=1S/C17H27N5O/c1-20-5-4-18-16(20)12-19-17(23)22-8-6-21(7-9-22)15-11-13-2-3-14(15)10-13/h4-5,13-15H,2-3,6-12H2,1H3,(H,19,23). The van der Waals surface area contributed by atoms with Crippen molar-refractivity contribution in [3.8, 4) is 0 Å². The summed E-state index contributed by atoms with van der Waals surface area (Å²) in [7, 11) is 1.95. The minimum atomic E-state index is 0.0422. The van der Waals surface area contributed by atoms with Gasteiger partial charge in [-0.3, -0.25) is 4.90 Å². The number of rotatable bonds is 3. The van der Waals surface area contributed by atoms with Crippen LogP contribution in [0.1, 0.15) is 31.5 Å². The van der Waals surface area contributed by atoms with Gasteiger partial charge in [0.05, 0.1) is 6.54 Å². The number of carbonyl (C=O) groups excluding carboxylic acids is 1. The zero-order valence-corrected chi connectivity index (χ0v) is 13.9. The zero-order chi connectivity index (χ0) is 15.8. The van der Waals surface area contributed by atoms with Crippen LogP contribution in [0.25, 0.3) is 0 Å². The molecule has 0 spiro atoms. The number of aryl methyl sites for hydroxylation is 1. The molecule has 4 rings (SSSR count). The summed E-state index contributed by atoms with van der Waals surface area (Å²) >= 11 is 0. The molecule has 23 heavy (non-hydrogen) atoms. The Kier molecular flexibility index (Phi) is 4.01. The number of urea groups is 1. The van der Waals surface area contributed by atoms with Crippen LogP contribution in [0.4, 0.5) is 4.79 Å². The highest BCUT2D eigenvalue weighted by molar-refractivity contribution is 5.74. The summed E-state index contributed by atoms with van der Waals surface area (Å²) in [6.07, 6.45) is 9.40. The molecule has 1 N–H and O–H groups in total. The van der Waals surface area contributed by atoms with Crippen molar-refractivity contribution in [2.75, 3.05) is 26.2 Å². The van der Waals surface area contributed by atoms with Gasteiger partial charge in [-0.25, -0.2) is 9.78 Å². The molecule has 6 nitrogen and oxygen atoms in total. The number of fused-ring (bicyclic) bond motifs is 2. The quantitative estimate of drug-likeness (QED) is 0.918. The number of nitrogens with zero attached hydrogens (tertiary/aromatic N) is 4. The highest BCUT2D eigenvalue weighted by Gasteiger charge is 2.42. The predicted molar refractivity (Wildman–Crippen MR) is 87.8 cm³/mol. The third kappa shape index (κ3) is 2.96. The van der Waals surface area contributed by atoms with Crippen molar-refractivity contribution >= 4 is 6.03 Å². The third-order valence-corrected chi connectivity index (χ3v) is 6.09. The van der Waals surface area contributed by atoms with E-state index in [-0.39, 0.29) is 6.03 Å². The second kappa shape index (κ2) is 6.15. The number of imidazole rings is 1. The number of hydrogen-bond acceptors (Lipinski definition) is 3. The minimum absolute atomic E-state index is 0.0422. The zero-order valence-electron chi connectivity index (χ0n) is 13.9. The van der Waals surface area contributed by atoms with Crippen LogP contribution in [-0.2, 0) is 13.6 Å². The van der Waals surface area contributed by atoms with Crippen molar-refractivity contribution < 1.29 is 4.79 Å². The molecular formula is C17H27N5O. The fourth-order valence-corrected chi connectivity index (χ4v) is 4.75. The van der Waals surface area contributed by atoms with Gasteiger partial charge >= 0.3 is 6.03 Å². The molecule has 1 saturated heterocycles. The van der Waals surface area contributed by atoms with Gasteiger partial charge in [0.2, 0.25) is 0 Å². The molecular weight excluding hydrogens is 290 g/mol. The maximum Gasteiger partial charge on any atom is 0.317 e. The highest BCUT2D eigenvalue weighted by Crippen LogP contribution is 2.46. The van der Waals surface area contributed by atoms with E-state index in [1.54, 1.807) is 6.20 Å². The van der Waals surface area contributed by atoms with Gasteiger partial charge in [0.25, 0.3) is 0 Å². The summed E-state index contributed by atoms with van der Waals surface area (Å²) in [5, 5.41) is 2.99. The van der Waals surface area contributed by atoms with Crippen LogP contribution in [0, 0.1) is 11.8 Å². The van der Waals surface area contributed by atoms with Crippen LogP contribution in [-0.4, -0.2) is 57.6 Å². The maximum absolute atomic E-state index is 12.3. The Bertz CT molecular complexity index is 563. The van der Waals surface area contributed by atoms with Crippen molar-refractivity contribution in [1.82, 2.24) is 24.7 Å². The summed E-state index contributed by atoms with van der Waals surface area (Å²) in [5.41, 5.74) is 0. The summed E-state index contributed by atoms with van der Waals surface area (Å²) in [6.45, 7) is 4.25. The van der Waals surface area contributed by atoms with Gasteiger partial charge in [0.1, 0.15) is 5.82 Å². The Morgan fingerprint density at radius 2 is 2.09 bits per heavy atom. The number of amides is 2. The number of nitrogens with one attached hydrogen (secondary N) is 1. The van der Waals surface area contributed by atoms with Crippen LogP contribution in [0.15, 0.2) is 12.4 Å². The fourth-order valence-electron chi connectivity index (χ4n) is 4.75. The SMILES string of the molecule is Cn1ccnc1CNC(=O)N1CCN(C2CC3CCC2C3)CC1. The van der Waals surface area contributed by atoms with Gasteiger partial charge in [0, 0.05) is 51.7 Å². The van der Waals surface area contributed by atoms with Crippen LogP contribution in [0.2, 0.25) is 0 Å². The topological polar surface area (TPSA) is 53.4 Å². The molecule has 2 amide bonds. The molecule has 1 aromatic rings. The molecule has 3 atom stereocenters. The third-order valence-electron chi connectivity index (χ3n) is 6.09. The van der Waals surface area contributed by atoms with Crippen molar-refractivity contribution in [2.45, 2.75) is 38.3 Å². The first-order valence-electron chi connectivity index (χ1n) is 8.93. The van der Waals surface area contributed by atoms with Crippen LogP contribution in [0.3, 0.4) is 0 Å². The molecule has 1 aliphatic heterocycles. The van der Waals surface area contributed by atoms with Crippen molar-refractivity contribution in [1.29, 1.82) is 0 Å². The number of piperazine rings is 1. The number of aromatic nitrogens is 2. The lowest BCUT2D eigenvalue weighted by molar-refractivity contribution is 0.0826. The van der Waals surface area contributed by atoms with Crippen molar-refractivity contribution in [3.63, 3.8) is 0 Å². The average molecular weight is 317 g/mol. The predicted octanol–water partition coefficient (Wildman–Crippen LogP) is 1.44. The monoisotopic (exact) mass is 317 g/mol. The van der Waals surface area contributed by atoms with E-state index in [4.69, 9.17) is 0 Å². The van der Waals surface area contributed by atoms with Gasteiger partial charge in [-0.1, -0.05) is 6.42 Å². The van der Waals surface area contributed by atoms with Crippen LogP contribution >= 0.6 is 0 Å². The molecule has 1 aromatic heterocycles. The Morgan fingerprint density at radius 1 is 1.26 bits per heavy atom. The summed E-state index contributed by atoms with van der Waals surface area (Å²) in [6, 6.07) is 0.840. The van der Waals surface area contributed by atoms with Crippen LogP contribution in [0.5, 0.6) is 0 Å². The lowest BCUT2D eigenvalue weighted by atomic mass is 9.93. The molecule has 6 heteroatoms. The molecule has 126 valence electrons. The lowest BCUT2D eigenvalue weighted by Gasteiger charge is -2.40. The smallest absolute Gasteiger partial charge is 0.317 e.